The fraction of sp³-hybridized carbons (Fsp3) is 0.571. The molecule has 0 saturated carbocycles. The van der Waals surface area contributed by atoms with Gasteiger partial charge in [0.25, 0.3) is 0 Å². The van der Waals surface area contributed by atoms with Crippen molar-refractivity contribution < 1.29 is 8.42 Å². The normalized spacial score (nSPS) is 17.2. The van der Waals surface area contributed by atoms with Gasteiger partial charge in [0.05, 0.1) is 6.26 Å². The zero-order chi connectivity index (χ0) is 13.2. The van der Waals surface area contributed by atoms with E-state index in [1.54, 1.807) is 0 Å². The number of aryl methyl sites for hydroxylation is 2. The van der Waals surface area contributed by atoms with E-state index in [1.165, 1.54) is 30.2 Å². The summed E-state index contributed by atoms with van der Waals surface area (Å²) < 4.78 is 25.4. The number of rotatable bonds is 4. The van der Waals surface area contributed by atoms with Crippen molar-refractivity contribution in [2.24, 2.45) is 0 Å². The van der Waals surface area contributed by atoms with E-state index in [-0.39, 0.29) is 6.04 Å². The summed E-state index contributed by atoms with van der Waals surface area (Å²) in [6.45, 7) is 2.00. The Morgan fingerprint density at radius 3 is 2.50 bits per heavy atom. The van der Waals surface area contributed by atoms with Gasteiger partial charge in [0, 0.05) is 6.04 Å². The fourth-order valence-electron chi connectivity index (χ4n) is 2.62. The molecule has 0 spiro atoms. The Morgan fingerprint density at radius 2 is 1.89 bits per heavy atom. The number of hydrogen-bond donors (Lipinski definition) is 1. The topological polar surface area (TPSA) is 46.2 Å². The lowest BCUT2D eigenvalue weighted by atomic mass is 9.89. The van der Waals surface area contributed by atoms with Crippen LogP contribution in [0.5, 0.6) is 0 Å². The summed E-state index contributed by atoms with van der Waals surface area (Å²) in [6.07, 6.45) is 6.78. The molecule has 1 N–H and O–H groups in total. The molecule has 0 radical (unpaired) electrons. The highest BCUT2D eigenvalue weighted by molar-refractivity contribution is 7.88. The molecule has 1 aromatic rings. The molecule has 1 atom stereocenters. The van der Waals surface area contributed by atoms with Gasteiger partial charge in [-0.2, -0.15) is 0 Å². The standard InChI is InChI=1S/C14H21NO2S/c1-3-14(15-18(2,16)17)13-9-8-11-6-4-5-7-12(11)10-13/h8-10,14-15H,3-7H2,1-2H3/t14-/m0/s1. The first kappa shape index (κ1) is 13.6. The minimum atomic E-state index is -3.15. The van der Waals surface area contributed by atoms with Gasteiger partial charge in [-0.05, 0) is 48.8 Å². The molecule has 0 fully saturated rings. The molecule has 0 aliphatic heterocycles. The van der Waals surface area contributed by atoms with Gasteiger partial charge in [-0.25, -0.2) is 13.1 Å². The molecule has 2 rings (SSSR count). The summed E-state index contributed by atoms with van der Waals surface area (Å²) >= 11 is 0. The van der Waals surface area contributed by atoms with Crippen LogP contribution in [-0.2, 0) is 22.9 Å². The number of nitrogens with one attached hydrogen (secondary N) is 1. The number of benzene rings is 1. The van der Waals surface area contributed by atoms with Gasteiger partial charge in [0.15, 0.2) is 0 Å². The van der Waals surface area contributed by atoms with Crippen LogP contribution in [0.25, 0.3) is 0 Å². The molecule has 1 aromatic carbocycles. The molecule has 4 heteroatoms. The van der Waals surface area contributed by atoms with Gasteiger partial charge in [0.2, 0.25) is 10.0 Å². The van der Waals surface area contributed by atoms with E-state index in [9.17, 15) is 8.42 Å². The van der Waals surface area contributed by atoms with Crippen LogP contribution in [-0.4, -0.2) is 14.7 Å². The van der Waals surface area contributed by atoms with Crippen molar-refractivity contribution >= 4 is 10.0 Å². The van der Waals surface area contributed by atoms with Crippen molar-refractivity contribution in [1.29, 1.82) is 0 Å². The van der Waals surface area contributed by atoms with E-state index < -0.39 is 10.0 Å². The highest BCUT2D eigenvalue weighted by Gasteiger charge is 2.16. The lowest BCUT2D eigenvalue weighted by Gasteiger charge is -2.21. The third-order valence-corrected chi connectivity index (χ3v) is 4.25. The Morgan fingerprint density at radius 1 is 1.22 bits per heavy atom. The molecule has 3 nitrogen and oxygen atoms in total. The van der Waals surface area contributed by atoms with Crippen LogP contribution in [0, 0.1) is 0 Å². The molecular formula is C14H21NO2S. The molecule has 0 unspecified atom stereocenters. The first-order valence-corrected chi connectivity index (χ1v) is 8.47. The smallest absolute Gasteiger partial charge is 0.209 e. The van der Waals surface area contributed by atoms with E-state index in [4.69, 9.17) is 0 Å². The maximum Gasteiger partial charge on any atom is 0.209 e. The molecule has 18 heavy (non-hydrogen) atoms. The third kappa shape index (κ3) is 3.33. The molecule has 1 aliphatic rings. The van der Waals surface area contributed by atoms with E-state index in [2.05, 4.69) is 22.9 Å². The number of hydrogen-bond acceptors (Lipinski definition) is 2. The predicted octanol–water partition coefficient (Wildman–Crippen LogP) is 2.57. The van der Waals surface area contributed by atoms with Crippen molar-refractivity contribution in [3.63, 3.8) is 0 Å². The highest BCUT2D eigenvalue weighted by atomic mass is 32.2. The van der Waals surface area contributed by atoms with Crippen molar-refractivity contribution in [2.45, 2.75) is 45.1 Å². The van der Waals surface area contributed by atoms with Crippen molar-refractivity contribution in [1.82, 2.24) is 4.72 Å². The van der Waals surface area contributed by atoms with E-state index in [1.807, 2.05) is 6.92 Å². The van der Waals surface area contributed by atoms with Crippen LogP contribution in [0.15, 0.2) is 18.2 Å². The summed E-state index contributed by atoms with van der Waals surface area (Å²) in [5, 5.41) is 0. The van der Waals surface area contributed by atoms with Crippen LogP contribution >= 0.6 is 0 Å². The molecule has 0 amide bonds. The van der Waals surface area contributed by atoms with Gasteiger partial charge in [-0.1, -0.05) is 25.1 Å². The maximum absolute atomic E-state index is 11.4. The molecule has 0 saturated heterocycles. The molecule has 1 aliphatic carbocycles. The first-order chi connectivity index (χ1) is 8.49. The predicted molar refractivity (Wildman–Crippen MR) is 74.1 cm³/mol. The van der Waals surface area contributed by atoms with Gasteiger partial charge in [-0.3, -0.25) is 0 Å². The second kappa shape index (κ2) is 5.41. The molecular weight excluding hydrogens is 246 g/mol. The SMILES string of the molecule is CC[C@H](NS(C)(=O)=O)c1ccc2c(c1)CCCC2. The van der Waals surface area contributed by atoms with E-state index >= 15 is 0 Å². The minimum absolute atomic E-state index is 0.104. The Labute approximate surface area is 110 Å². The second-order valence-corrected chi connectivity index (χ2v) is 6.87. The maximum atomic E-state index is 11.4. The summed E-state index contributed by atoms with van der Waals surface area (Å²) in [7, 11) is -3.15. The van der Waals surface area contributed by atoms with Gasteiger partial charge in [0.1, 0.15) is 0 Å². The Bertz CT molecular complexity index is 523. The largest absolute Gasteiger partial charge is 0.213 e. The lowest BCUT2D eigenvalue weighted by molar-refractivity contribution is 0.555. The van der Waals surface area contributed by atoms with Gasteiger partial charge in [-0.15, -0.1) is 0 Å². The van der Waals surface area contributed by atoms with Crippen LogP contribution in [0.3, 0.4) is 0 Å². The quantitative estimate of drug-likeness (QED) is 0.911. The molecule has 0 bridgehead atoms. The number of sulfonamides is 1. The summed E-state index contributed by atoms with van der Waals surface area (Å²) in [5.74, 6) is 0. The van der Waals surface area contributed by atoms with Crippen LogP contribution in [0.4, 0.5) is 0 Å². The zero-order valence-electron chi connectivity index (χ0n) is 11.1. The Balaban J connectivity index is 2.26. The van der Waals surface area contributed by atoms with Crippen LogP contribution in [0.2, 0.25) is 0 Å². The molecule has 100 valence electrons. The monoisotopic (exact) mass is 267 g/mol. The summed E-state index contributed by atoms with van der Waals surface area (Å²) in [6, 6.07) is 6.31. The summed E-state index contributed by atoms with van der Waals surface area (Å²) in [4.78, 5) is 0. The second-order valence-electron chi connectivity index (χ2n) is 5.09. The minimum Gasteiger partial charge on any atom is -0.213 e. The fourth-order valence-corrected chi connectivity index (χ4v) is 3.44. The highest BCUT2D eigenvalue weighted by Crippen LogP contribution is 2.26. The molecule has 0 aromatic heterocycles. The van der Waals surface area contributed by atoms with Crippen molar-refractivity contribution in [3.8, 4) is 0 Å². The summed E-state index contributed by atoms with van der Waals surface area (Å²) in [5.41, 5.74) is 3.91. The Kier molecular flexibility index (Phi) is 4.07. The van der Waals surface area contributed by atoms with Crippen LogP contribution in [0.1, 0.15) is 48.9 Å². The number of fused-ring (bicyclic) bond motifs is 1. The van der Waals surface area contributed by atoms with E-state index in [0.717, 1.165) is 24.8 Å². The first-order valence-electron chi connectivity index (χ1n) is 6.58. The zero-order valence-corrected chi connectivity index (χ0v) is 11.9. The Hall–Kier alpha value is -0.870. The van der Waals surface area contributed by atoms with Gasteiger partial charge >= 0.3 is 0 Å². The van der Waals surface area contributed by atoms with Crippen LogP contribution < -0.4 is 4.72 Å². The average Bonchev–Trinajstić information content (AvgIpc) is 2.34. The van der Waals surface area contributed by atoms with Gasteiger partial charge < -0.3 is 0 Å². The van der Waals surface area contributed by atoms with Crippen molar-refractivity contribution in [2.75, 3.05) is 6.26 Å². The third-order valence-electron chi connectivity index (χ3n) is 3.54. The van der Waals surface area contributed by atoms with Crippen molar-refractivity contribution in [3.05, 3.63) is 34.9 Å². The molecule has 0 heterocycles. The lowest BCUT2D eigenvalue weighted by Crippen LogP contribution is -2.27. The average molecular weight is 267 g/mol. The van der Waals surface area contributed by atoms with E-state index in [0.29, 0.717) is 0 Å².